The van der Waals surface area contributed by atoms with Crippen molar-refractivity contribution in [1.29, 1.82) is 0 Å². The normalized spacial score (nSPS) is 12.0. The molecule has 0 spiro atoms. The van der Waals surface area contributed by atoms with E-state index in [2.05, 4.69) is 10.4 Å². The summed E-state index contributed by atoms with van der Waals surface area (Å²) in [5, 5.41) is 18.2. The Morgan fingerprint density at radius 3 is 2.72 bits per heavy atom. The first-order valence-electron chi connectivity index (χ1n) is 8.89. The van der Waals surface area contributed by atoms with Gasteiger partial charge in [-0.1, -0.05) is 29.8 Å². The molecule has 0 bridgehead atoms. The molecule has 0 aliphatic heterocycles. The smallest absolute Gasteiger partial charge is 0.271 e. The second kappa shape index (κ2) is 8.85. The average molecular weight is 414 g/mol. The number of benzene rings is 2. The summed E-state index contributed by atoms with van der Waals surface area (Å²) in [4.78, 5) is 24.9. The third kappa shape index (κ3) is 4.98. The van der Waals surface area contributed by atoms with Crippen LogP contribution < -0.4 is 5.32 Å². The van der Waals surface area contributed by atoms with E-state index in [1.54, 1.807) is 17.8 Å². The fourth-order valence-electron chi connectivity index (χ4n) is 2.75. The van der Waals surface area contributed by atoms with Crippen LogP contribution in [-0.2, 0) is 11.3 Å². The first-order valence-corrected chi connectivity index (χ1v) is 9.27. The van der Waals surface area contributed by atoms with Gasteiger partial charge < -0.3 is 5.32 Å². The van der Waals surface area contributed by atoms with Crippen LogP contribution in [0.1, 0.15) is 12.5 Å². The van der Waals surface area contributed by atoms with Gasteiger partial charge in [-0.3, -0.25) is 19.8 Å². The molecule has 0 saturated carbocycles. The Balaban J connectivity index is 1.65. The van der Waals surface area contributed by atoms with Crippen molar-refractivity contribution < 1.29 is 9.72 Å². The third-order valence-corrected chi connectivity index (χ3v) is 4.88. The van der Waals surface area contributed by atoms with Crippen LogP contribution in [0.25, 0.3) is 5.69 Å². The summed E-state index contributed by atoms with van der Waals surface area (Å²) in [7, 11) is 1.82. The molecule has 2 aromatic carbocycles. The minimum atomic E-state index is -0.536. The first kappa shape index (κ1) is 20.5. The monoisotopic (exact) mass is 413 g/mol. The molecular weight excluding hydrogens is 394 g/mol. The summed E-state index contributed by atoms with van der Waals surface area (Å²) < 4.78 is 1.77. The Bertz CT molecular complexity index is 1020. The van der Waals surface area contributed by atoms with Gasteiger partial charge in [-0.15, -0.1) is 0 Å². The van der Waals surface area contributed by atoms with E-state index in [1.165, 1.54) is 18.2 Å². The Hall–Kier alpha value is -3.23. The van der Waals surface area contributed by atoms with Crippen molar-refractivity contribution in [3.05, 3.63) is 81.6 Å². The molecule has 0 fully saturated rings. The maximum absolute atomic E-state index is 12.6. The maximum Gasteiger partial charge on any atom is 0.271 e. The molecule has 1 N–H and O–H groups in total. The van der Waals surface area contributed by atoms with Crippen LogP contribution in [-0.4, -0.2) is 38.6 Å². The lowest BCUT2D eigenvalue weighted by Gasteiger charge is -2.23. The van der Waals surface area contributed by atoms with Crippen molar-refractivity contribution in [2.24, 2.45) is 0 Å². The molecule has 0 aliphatic rings. The third-order valence-electron chi connectivity index (χ3n) is 4.55. The van der Waals surface area contributed by atoms with E-state index in [-0.39, 0.29) is 22.3 Å². The number of nitrogens with one attached hydrogen (secondary N) is 1. The Morgan fingerprint density at radius 1 is 1.31 bits per heavy atom. The number of amides is 1. The lowest BCUT2D eigenvalue weighted by Crippen LogP contribution is -2.39. The number of hydrogen-bond donors (Lipinski definition) is 1. The van der Waals surface area contributed by atoms with Crippen LogP contribution in [0.4, 0.5) is 11.4 Å². The van der Waals surface area contributed by atoms with Crippen molar-refractivity contribution >= 4 is 28.9 Å². The largest absolute Gasteiger partial charge is 0.323 e. The number of para-hydroxylation sites is 1. The molecule has 0 saturated heterocycles. The highest BCUT2D eigenvalue weighted by Gasteiger charge is 2.21. The molecule has 150 valence electrons. The van der Waals surface area contributed by atoms with E-state index in [9.17, 15) is 14.9 Å². The van der Waals surface area contributed by atoms with E-state index < -0.39 is 11.0 Å². The lowest BCUT2D eigenvalue weighted by atomic mass is 10.2. The summed E-state index contributed by atoms with van der Waals surface area (Å²) in [6.45, 7) is 2.26. The molecule has 0 aliphatic carbocycles. The predicted molar refractivity (Wildman–Crippen MR) is 111 cm³/mol. The molecule has 3 rings (SSSR count). The van der Waals surface area contributed by atoms with E-state index >= 15 is 0 Å². The van der Waals surface area contributed by atoms with Gasteiger partial charge in [-0.2, -0.15) is 5.10 Å². The SMILES string of the molecule is CC(C(=O)Nc1cc([N+](=O)[O-])ccc1Cl)N(C)Cc1cnn(-c2ccccc2)c1. The van der Waals surface area contributed by atoms with Crippen molar-refractivity contribution in [2.75, 3.05) is 12.4 Å². The second-order valence-corrected chi connectivity index (χ2v) is 7.04. The van der Waals surface area contributed by atoms with Gasteiger partial charge in [0, 0.05) is 30.4 Å². The fraction of sp³-hybridized carbons (Fsp3) is 0.200. The van der Waals surface area contributed by atoms with Crippen molar-refractivity contribution in [1.82, 2.24) is 14.7 Å². The van der Waals surface area contributed by atoms with Crippen molar-refractivity contribution in [3.63, 3.8) is 0 Å². The molecule has 1 amide bonds. The average Bonchev–Trinajstić information content (AvgIpc) is 3.18. The van der Waals surface area contributed by atoms with Gasteiger partial charge in [0.25, 0.3) is 5.69 Å². The summed E-state index contributed by atoms with van der Waals surface area (Å²) in [6.07, 6.45) is 3.67. The molecular formula is C20H20ClN5O3. The highest BCUT2D eigenvalue weighted by Crippen LogP contribution is 2.27. The van der Waals surface area contributed by atoms with Crippen LogP contribution >= 0.6 is 11.6 Å². The number of carbonyl (C=O) groups is 1. The zero-order valence-electron chi connectivity index (χ0n) is 15.9. The van der Waals surface area contributed by atoms with E-state index in [1.807, 2.05) is 48.5 Å². The number of non-ortho nitro benzene ring substituents is 1. The summed E-state index contributed by atoms with van der Waals surface area (Å²) in [5.41, 5.74) is 1.97. The Morgan fingerprint density at radius 2 is 2.03 bits per heavy atom. The van der Waals surface area contributed by atoms with Crippen LogP contribution in [0.3, 0.4) is 0 Å². The number of carbonyl (C=O) groups excluding carboxylic acids is 1. The topological polar surface area (TPSA) is 93.3 Å². The number of likely N-dealkylation sites (N-methyl/N-ethyl adjacent to an activating group) is 1. The van der Waals surface area contributed by atoms with Gasteiger partial charge in [0.05, 0.1) is 33.6 Å². The highest BCUT2D eigenvalue weighted by molar-refractivity contribution is 6.33. The van der Waals surface area contributed by atoms with Crippen LogP contribution in [0, 0.1) is 10.1 Å². The molecule has 1 atom stereocenters. The van der Waals surface area contributed by atoms with Gasteiger partial charge in [0.2, 0.25) is 5.91 Å². The van der Waals surface area contributed by atoms with Crippen LogP contribution in [0.5, 0.6) is 0 Å². The van der Waals surface area contributed by atoms with Gasteiger partial charge in [-0.25, -0.2) is 4.68 Å². The number of halogens is 1. The number of rotatable bonds is 7. The van der Waals surface area contributed by atoms with Crippen molar-refractivity contribution in [2.45, 2.75) is 19.5 Å². The Labute approximate surface area is 172 Å². The van der Waals surface area contributed by atoms with E-state index in [0.29, 0.717) is 6.54 Å². The van der Waals surface area contributed by atoms with Crippen LogP contribution in [0.15, 0.2) is 60.9 Å². The van der Waals surface area contributed by atoms with Gasteiger partial charge in [-0.05, 0) is 32.2 Å². The number of nitro groups is 1. The fourth-order valence-corrected chi connectivity index (χ4v) is 2.91. The minimum Gasteiger partial charge on any atom is -0.323 e. The van der Waals surface area contributed by atoms with Gasteiger partial charge >= 0.3 is 0 Å². The predicted octanol–water partition coefficient (Wildman–Crippen LogP) is 3.89. The molecule has 3 aromatic rings. The van der Waals surface area contributed by atoms with E-state index in [4.69, 9.17) is 11.6 Å². The first-order chi connectivity index (χ1) is 13.8. The van der Waals surface area contributed by atoms with E-state index in [0.717, 1.165) is 11.3 Å². The summed E-state index contributed by atoms with van der Waals surface area (Å²) in [5.74, 6) is -0.314. The lowest BCUT2D eigenvalue weighted by molar-refractivity contribution is -0.384. The number of aromatic nitrogens is 2. The van der Waals surface area contributed by atoms with Gasteiger partial charge in [0.15, 0.2) is 0 Å². The minimum absolute atomic E-state index is 0.140. The molecule has 1 heterocycles. The van der Waals surface area contributed by atoms with Crippen LogP contribution in [0.2, 0.25) is 5.02 Å². The standard InChI is InChI=1S/C20H20ClN5O3/c1-14(20(27)23-19-10-17(26(28)29)8-9-18(19)21)24(2)12-15-11-22-25(13-15)16-6-4-3-5-7-16/h3-11,13-14H,12H2,1-2H3,(H,23,27). The molecule has 8 nitrogen and oxygen atoms in total. The summed E-state index contributed by atoms with van der Waals surface area (Å²) in [6, 6.07) is 13.2. The number of nitro benzene ring substituents is 1. The molecule has 9 heteroatoms. The zero-order chi connectivity index (χ0) is 21.0. The quantitative estimate of drug-likeness (QED) is 0.468. The number of hydrogen-bond acceptors (Lipinski definition) is 5. The zero-order valence-corrected chi connectivity index (χ0v) is 16.7. The Kier molecular flexibility index (Phi) is 6.26. The molecule has 0 radical (unpaired) electrons. The molecule has 29 heavy (non-hydrogen) atoms. The number of anilines is 1. The maximum atomic E-state index is 12.6. The number of nitrogens with zero attached hydrogens (tertiary/aromatic N) is 4. The van der Waals surface area contributed by atoms with Crippen molar-refractivity contribution in [3.8, 4) is 5.69 Å². The second-order valence-electron chi connectivity index (χ2n) is 6.63. The molecule has 1 unspecified atom stereocenters. The highest BCUT2D eigenvalue weighted by atomic mass is 35.5. The molecule has 1 aromatic heterocycles. The van der Waals surface area contributed by atoms with Gasteiger partial charge in [0.1, 0.15) is 0 Å². The summed E-state index contributed by atoms with van der Waals surface area (Å²) >= 11 is 6.06.